The van der Waals surface area contributed by atoms with Gasteiger partial charge in [-0.25, -0.2) is 4.39 Å². The fraction of sp³-hybridized carbons (Fsp3) is 0. The van der Waals surface area contributed by atoms with Crippen molar-refractivity contribution in [2.45, 2.75) is 0 Å². The Balaban J connectivity index is 2.67. The Kier molecular flexibility index (Phi) is 2.70. The van der Waals surface area contributed by atoms with E-state index >= 15 is 0 Å². The quantitative estimate of drug-likeness (QED) is 0.783. The monoisotopic (exact) mass is 234 g/mol. The van der Waals surface area contributed by atoms with Crippen molar-refractivity contribution in [3.8, 4) is 11.4 Å². The number of halogens is 1. The van der Waals surface area contributed by atoms with Gasteiger partial charge >= 0.3 is 0 Å². The zero-order chi connectivity index (χ0) is 12.4. The van der Waals surface area contributed by atoms with Crippen molar-refractivity contribution in [2.75, 3.05) is 0 Å². The molecule has 0 aliphatic heterocycles. The van der Waals surface area contributed by atoms with Crippen molar-refractivity contribution in [2.24, 2.45) is 0 Å². The van der Waals surface area contributed by atoms with Gasteiger partial charge in [0.05, 0.1) is 5.69 Å². The molecule has 0 amide bonds. The molecule has 17 heavy (non-hydrogen) atoms. The molecule has 0 aliphatic rings. The molecular weight excluding hydrogens is 227 g/mol. The number of nitrogens with zero attached hydrogens (tertiary/aromatic N) is 2. The Morgan fingerprint density at radius 2 is 2.12 bits per heavy atom. The van der Waals surface area contributed by atoms with Crippen LogP contribution in [0.3, 0.4) is 0 Å². The molecule has 0 bridgehead atoms. The smallest absolute Gasteiger partial charge is 0.275 e. The summed E-state index contributed by atoms with van der Waals surface area (Å²) in [5.41, 5.74) is -0.759. The average Bonchev–Trinajstić information content (AvgIpc) is 2.29. The number of aromatic nitrogens is 2. The Hall–Kier alpha value is -2.50. The normalized spacial score (nSPS) is 10.2. The van der Waals surface area contributed by atoms with E-state index in [1.807, 2.05) is 0 Å². The number of rotatable bonds is 2. The number of hydrogen-bond acceptors (Lipinski definition) is 4. The second kappa shape index (κ2) is 4.17. The van der Waals surface area contributed by atoms with Crippen LogP contribution in [0, 0.1) is 5.82 Å². The Labute approximate surface area is 94.8 Å². The van der Waals surface area contributed by atoms with Gasteiger partial charge in [-0.15, -0.1) is 0 Å². The molecule has 86 valence electrons. The summed E-state index contributed by atoms with van der Waals surface area (Å²) in [5, 5.41) is 12.9. The van der Waals surface area contributed by atoms with E-state index in [-0.39, 0.29) is 11.4 Å². The van der Waals surface area contributed by atoms with Gasteiger partial charge in [0.1, 0.15) is 5.82 Å². The third-order valence-corrected chi connectivity index (χ3v) is 2.10. The predicted octanol–water partition coefficient (Wildman–Crippen LogP) is 0.890. The maximum absolute atomic E-state index is 13.0. The van der Waals surface area contributed by atoms with E-state index in [2.05, 4.69) is 5.10 Å². The Morgan fingerprint density at radius 1 is 1.35 bits per heavy atom. The van der Waals surface area contributed by atoms with Gasteiger partial charge in [-0.1, -0.05) is 6.07 Å². The maximum Gasteiger partial charge on any atom is 0.275 e. The third kappa shape index (κ3) is 2.05. The Morgan fingerprint density at radius 3 is 2.76 bits per heavy atom. The van der Waals surface area contributed by atoms with Crippen molar-refractivity contribution in [1.82, 2.24) is 9.78 Å². The van der Waals surface area contributed by atoms with Crippen LogP contribution in [0.15, 0.2) is 35.1 Å². The van der Waals surface area contributed by atoms with Crippen LogP contribution >= 0.6 is 0 Å². The predicted molar refractivity (Wildman–Crippen MR) is 56.8 cm³/mol. The fourth-order valence-electron chi connectivity index (χ4n) is 1.34. The van der Waals surface area contributed by atoms with Crippen LogP contribution in [-0.2, 0) is 0 Å². The molecule has 0 fully saturated rings. The van der Waals surface area contributed by atoms with E-state index in [1.54, 1.807) is 0 Å². The summed E-state index contributed by atoms with van der Waals surface area (Å²) >= 11 is 0. The highest BCUT2D eigenvalue weighted by atomic mass is 19.1. The van der Waals surface area contributed by atoms with Crippen LogP contribution in [0.25, 0.3) is 5.69 Å². The minimum Gasteiger partial charge on any atom is -0.505 e. The molecule has 0 unspecified atom stereocenters. The summed E-state index contributed by atoms with van der Waals surface area (Å²) < 4.78 is 13.8. The minimum atomic E-state index is -0.654. The summed E-state index contributed by atoms with van der Waals surface area (Å²) in [7, 11) is 0. The van der Waals surface area contributed by atoms with Crippen LogP contribution in [0.4, 0.5) is 4.39 Å². The van der Waals surface area contributed by atoms with E-state index in [4.69, 9.17) is 0 Å². The minimum absolute atomic E-state index is 0.179. The van der Waals surface area contributed by atoms with Crippen molar-refractivity contribution in [1.29, 1.82) is 0 Å². The molecule has 0 saturated carbocycles. The lowest BCUT2D eigenvalue weighted by Gasteiger charge is -2.05. The highest BCUT2D eigenvalue weighted by Gasteiger charge is 2.08. The van der Waals surface area contributed by atoms with Gasteiger partial charge < -0.3 is 5.11 Å². The van der Waals surface area contributed by atoms with Gasteiger partial charge in [0.15, 0.2) is 17.7 Å². The first-order chi connectivity index (χ1) is 8.11. The largest absolute Gasteiger partial charge is 0.505 e. The number of benzene rings is 1. The van der Waals surface area contributed by atoms with Gasteiger partial charge in [-0.3, -0.25) is 9.59 Å². The second-order valence-corrected chi connectivity index (χ2v) is 3.26. The summed E-state index contributed by atoms with van der Waals surface area (Å²) in [6.45, 7) is 0. The van der Waals surface area contributed by atoms with E-state index in [0.717, 1.165) is 16.8 Å². The van der Waals surface area contributed by atoms with Crippen LogP contribution in [-0.4, -0.2) is 21.2 Å². The highest BCUT2D eigenvalue weighted by molar-refractivity contribution is 5.75. The van der Waals surface area contributed by atoms with Crippen molar-refractivity contribution in [3.63, 3.8) is 0 Å². The molecule has 1 N–H and O–H groups in total. The number of aldehydes is 1. The van der Waals surface area contributed by atoms with Gasteiger partial charge in [-0.2, -0.15) is 9.78 Å². The zero-order valence-corrected chi connectivity index (χ0v) is 8.50. The summed E-state index contributed by atoms with van der Waals surface area (Å²) in [5.74, 6) is -1.03. The topological polar surface area (TPSA) is 72.2 Å². The van der Waals surface area contributed by atoms with Gasteiger partial charge in [0.2, 0.25) is 0 Å². The average molecular weight is 234 g/mol. The lowest BCUT2D eigenvalue weighted by atomic mass is 10.3. The van der Waals surface area contributed by atoms with E-state index in [9.17, 15) is 19.1 Å². The lowest BCUT2D eigenvalue weighted by Crippen LogP contribution is -2.21. The zero-order valence-electron chi connectivity index (χ0n) is 8.50. The molecule has 1 heterocycles. The number of hydrogen-bond donors (Lipinski definition) is 1. The number of aromatic hydroxyl groups is 1. The third-order valence-electron chi connectivity index (χ3n) is 2.10. The van der Waals surface area contributed by atoms with Crippen molar-refractivity contribution in [3.05, 3.63) is 52.2 Å². The first kappa shape index (κ1) is 11.0. The summed E-state index contributed by atoms with van der Waals surface area (Å²) in [4.78, 5) is 22.1. The summed E-state index contributed by atoms with van der Waals surface area (Å²) in [6, 6.07) is 6.03. The first-order valence-corrected chi connectivity index (χ1v) is 4.66. The molecule has 1 aromatic heterocycles. The van der Waals surface area contributed by atoms with Crippen molar-refractivity contribution < 1.29 is 14.3 Å². The number of carbonyl (C=O) groups is 1. The molecule has 2 aromatic rings. The summed E-state index contributed by atoms with van der Waals surface area (Å²) in [6.07, 6.45) is 0.310. The molecule has 5 nitrogen and oxygen atoms in total. The molecule has 0 spiro atoms. The molecule has 6 heteroatoms. The highest BCUT2D eigenvalue weighted by Crippen LogP contribution is 2.11. The van der Waals surface area contributed by atoms with E-state index in [1.165, 1.54) is 18.2 Å². The SMILES string of the molecule is O=Cc1nn(-c2cccc(F)c2)c(=O)cc1O. The maximum atomic E-state index is 13.0. The van der Waals surface area contributed by atoms with Crippen LogP contribution in [0.5, 0.6) is 5.75 Å². The number of carbonyl (C=O) groups excluding carboxylic acids is 1. The molecular formula is C11H7FN2O3. The van der Waals surface area contributed by atoms with Crippen LogP contribution in [0.2, 0.25) is 0 Å². The van der Waals surface area contributed by atoms with Gasteiger partial charge in [0, 0.05) is 6.07 Å². The van der Waals surface area contributed by atoms with Crippen LogP contribution < -0.4 is 5.56 Å². The molecule has 0 atom stereocenters. The second-order valence-electron chi connectivity index (χ2n) is 3.26. The van der Waals surface area contributed by atoms with Crippen molar-refractivity contribution >= 4 is 6.29 Å². The van der Waals surface area contributed by atoms with Gasteiger partial charge in [0.25, 0.3) is 5.56 Å². The molecule has 0 saturated heterocycles. The van der Waals surface area contributed by atoms with Gasteiger partial charge in [-0.05, 0) is 18.2 Å². The molecule has 1 aromatic carbocycles. The Bertz CT molecular complexity index is 637. The fourth-order valence-corrected chi connectivity index (χ4v) is 1.34. The first-order valence-electron chi connectivity index (χ1n) is 4.66. The van der Waals surface area contributed by atoms with E-state index in [0.29, 0.717) is 6.29 Å². The molecule has 2 rings (SSSR count). The molecule has 0 aliphatic carbocycles. The molecule has 0 radical (unpaired) electrons. The standard InChI is InChI=1S/C11H7FN2O3/c12-7-2-1-3-8(4-7)14-11(17)5-10(16)9(6-15)13-14/h1-6,16H. The lowest BCUT2D eigenvalue weighted by molar-refractivity contribution is 0.111. The van der Waals surface area contributed by atoms with E-state index < -0.39 is 17.1 Å². The van der Waals surface area contributed by atoms with Crippen LogP contribution in [0.1, 0.15) is 10.5 Å².